The minimum Gasteiger partial charge on any atom is -0.365 e. The van der Waals surface area contributed by atoms with E-state index in [0.29, 0.717) is 29.7 Å². The van der Waals surface area contributed by atoms with Crippen LogP contribution in [0.3, 0.4) is 0 Å². The number of anilines is 1. The molecule has 10 heteroatoms. The SMILES string of the molecule is Cc1cc(-c2sc(N3CCO[C@@H](C(F)(F)F)C3)nc2CNC(=O)CC2CC2)cc(C)n1. The molecule has 2 aromatic rings. The number of thiazole rings is 1. The second kappa shape index (κ2) is 8.74. The van der Waals surface area contributed by atoms with Gasteiger partial charge in [0.25, 0.3) is 0 Å². The molecule has 1 saturated heterocycles. The lowest BCUT2D eigenvalue weighted by molar-refractivity contribution is -0.221. The molecule has 2 fully saturated rings. The van der Waals surface area contributed by atoms with Gasteiger partial charge in [-0.1, -0.05) is 11.3 Å². The molecule has 0 spiro atoms. The van der Waals surface area contributed by atoms with Crippen molar-refractivity contribution in [2.45, 2.75) is 51.9 Å². The molecule has 1 aliphatic heterocycles. The van der Waals surface area contributed by atoms with Gasteiger partial charge in [-0.2, -0.15) is 13.2 Å². The van der Waals surface area contributed by atoms with Crippen molar-refractivity contribution in [1.29, 1.82) is 0 Å². The number of hydrogen-bond acceptors (Lipinski definition) is 6. The van der Waals surface area contributed by atoms with E-state index in [2.05, 4.69) is 15.3 Å². The van der Waals surface area contributed by atoms with Crippen molar-refractivity contribution in [3.05, 3.63) is 29.2 Å². The summed E-state index contributed by atoms with van der Waals surface area (Å²) in [5.74, 6) is 0.456. The number of rotatable bonds is 6. The zero-order chi connectivity index (χ0) is 22.2. The van der Waals surface area contributed by atoms with Gasteiger partial charge < -0.3 is 15.0 Å². The third-order valence-corrected chi connectivity index (χ3v) is 6.56. The average Bonchev–Trinajstić information content (AvgIpc) is 3.40. The van der Waals surface area contributed by atoms with E-state index in [1.54, 1.807) is 4.90 Å². The number of carbonyl (C=O) groups excluding carboxylic acids is 1. The van der Waals surface area contributed by atoms with Crippen LogP contribution in [0.4, 0.5) is 18.3 Å². The van der Waals surface area contributed by atoms with Crippen LogP contribution in [0.25, 0.3) is 10.4 Å². The maximum atomic E-state index is 13.2. The second-order valence-electron chi connectivity index (χ2n) is 8.18. The minimum absolute atomic E-state index is 0.0139. The Hall–Kier alpha value is -2.20. The Morgan fingerprint density at radius 2 is 1.97 bits per heavy atom. The Morgan fingerprint density at radius 1 is 1.26 bits per heavy atom. The quantitative estimate of drug-likeness (QED) is 0.715. The zero-order valence-electron chi connectivity index (χ0n) is 17.5. The van der Waals surface area contributed by atoms with E-state index in [-0.39, 0.29) is 25.6 Å². The van der Waals surface area contributed by atoms with Crippen molar-refractivity contribution in [3.8, 4) is 10.4 Å². The van der Waals surface area contributed by atoms with Crippen molar-refractivity contribution in [2.24, 2.45) is 5.92 Å². The van der Waals surface area contributed by atoms with Crippen LogP contribution in [-0.4, -0.2) is 47.9 Å². The molecular weight excluding hydrogens is 429 g/mol. The molecule has 1 saturated carbocycles. The number of halogens is 3. The van der Waals surface area contributed by atoms with Crippen molar-refractivity contribution >= 4 is 22.4 Å². The van der Waals surface area contributed by atoms with Crippen LogP contribution >= 0.6 is 11.3 Å². The fourth-order valence-electron chi connectivity index (χ4n) is 3.65. The van der Waals surface area contributed by atoms with E-state index in [9.17, 15) is 18.0 Å². The summed E-state index contributed by atoms with van der Waals surface area (Å²) in [6, 6.07) is 3.86. The number of amides is 1. The fourth-order valence-corrected chi connectivity index (χ4v) is 4.75. The molecule has 1 aliphatic carbocycles. The number of aryl methyl sites for hydroxylation is 2. The normalized spacial score (nSPS) is 19.5. The van der Waals surface area contributed by atoms with E-state index in [4.69, 9.17) is 4.74 Å². The average molecular weight is 455 g/mol. The topological polar surface area (TPSA) is 67.3 Å². The summed E-state index contributed by atoms with van der Waals surface area (Å²) in [5.41, 5.74) is 3.25. The smallest absolute Gasteiger partial charge is 0.365 e. The molecule has 0 unspecified atom stereocenters. The van der Waals surface area contributed by atoms with Crippen LogP contribution in [0.1, 0.15) is 36.3 Å². The standard InChI is InChI=1S/C21H25F3N4O2S/c1-12-7-15(8-13(2)26-12)19-16(10-25-18(29)9-14-3-4-14)27-20(31-19)28-5-6-30-17(11-28)21(22,23)24/h7-8,14,17H,3-6,9-11H2,1-2H3,(H,25,29)/t17-/m1/s1. The third kappa shape index (κ3) is 5.54. The fraction of sp³-hybridized carbons (Fsp3) is 0.571. The first-order valence-electron chi connectivity index (χ1n) is 10.3. The van der Waals surface area contributed by atoms with Gasteiger partial charge in [0.2, 0.25) is 5.91 Å². The second-order valence-corrected chi connectivity index (χ2v) is 9.16. The van der Waals surface area contributed by atoms with E-state index < -0.39 is 12.3 Å². The highest BCUT2D eigenvalue weighted by Crippen LogP contribution is 2.37. The summed E-state index contributed by atoms with van der Waals surface area (Å²) in [6.45, 7) is 4.06. The maximum Gasteiger partial charge on any atom is 0.416 e. The summed E-state index contributed by atoms with van der Waals surface area (Å²) < 4.78 is 44.4. The number of nitrogens with one attached hydrogen (secondary N) is 1. The lowest BCUT2D eigenvalue weighted by atomic mass is 10.1. The number of pyridine rings is 1. The van der Waals surface area contributed by atoms with Gasteiger partial charge in [-0.25, -0.2) is 4.98 Å². The number of alkyl halides is 3. The molecule has 6 nitrogen and oxygen atoms in total. The van der Waals surface area contributed by atoms with Crippen LogP contribution in [0.5, 0.6) is 0 Å². The Balaban J connectivity index is 1.60. The zero-order valence-corrected chi connectivity index (χ0v) is 18.3. The number of nitrogens with zero attached hydrogens (tertiary/aromatic N) is 3. The Morgan fingerprint density at radius 3 is 2.61 bits per heavy atom. The molecular formula is C21H25F3N4O2S. The maximum absolute atomic E-state index is 13.2. The highest BCUT2D eigenvalue weighted by atomic mass is 32.1. The Labute approximate surface area is 182 Å². The van der Waals surface area contributed by atoms with E-state index >= 15 is 0 Å². The Bertz CT molecular complexity index is 938. The predicted molar refractivity (Wildman–Crippen MR) is 112 cm³/mol. The predicted octanol–water partition coefficient (Wildman–Crippen LogP) is 4.01. The van der Waals surface area contributed by atoms with Crippen LogP contribution in [0, 0.1) is 19.8 Å². The van der Waals surface area contributed by atoms with E-state index in [1.165, 1.54) is 11.3 Å². The highest BCUT2D eigenvalue weighted by Gasteiger charge is 2.44. The van der Waals surface area contributed by atoms with Crippen molar-refractivity contribution < 1.29 is 22.7 Å². The van der Waals surface area contributed by atoms with Gasteiger partial charge in [0.1, 0.15) is 0 Å². The van der Waals surface area contributed by atoms with Crippen molar-refractivity contribution in [2.75, 3.05) is 24.6 Å². The van der Waals surface area contributed by atoms with Gasteiger partial charge in [0.15, 0.2) is 11.2 Å². The first-order valence-corrected chi connectivity index (χ1v) is 11.2. The number of hydrogen-bond donors (Lipinski definition) is 1. The summed E-state index contributed by atoms with van der Waals surface area (Å²) in [5, 5.41) is 3.43. The Kier molecular flexibility index (Phi) is 6.20. The van der Waals surface area contributed by atoms with Gasteiger partial charge in [-0.05, 0) is 50.3 Å². The van der Waals surface area contributed by atoms with Gasteiger partial charge in [0.05, 0.1) is 30.3 Å². The van der Waals surface area contributed by atoms with Crippen molar-refractivity contribution in [1.82, 2.24) is 15.3 Å². The van der Waals surface area contributed by atoms with Gasteiger partial charge in [-0.15, -0.1) is 0 Å². The van der Waals surface area contributed by atoms with Gasteiger partial charge in [-0.3, -0.25) is 9.78 Å². The summed E-state index contributed by atoms with van der Waals surface area (Å²) in [4.78, 5) is 23.7. The molecule has 2 aliphatic rings. The van der Waals surface area contributed by atoms with Gasteiger partial charge >= 0.3 is 6.18 Å². The largest absolute Gasteiger partial charge is 0.416 e. The van der Waals surface area contributed by atoms with E-state index in [0.717, 1.165) is 34.7 Å². The number of aromatic nitrogens is 2. The minimum atomic E-state index is -4.42. The first-order chi connectivity index (χ1) is 14.7. The monoisotopic (exact) mass is 454 g/mol. The summed E-state index contributed by atoms with van der Waals surface area (Å²) >= 11 is 1.34. The molecule has 2 aromatic heterocycles. The number of carbonyl (C=O) groups is 1. The molecule has 31 heavy (non-hydrogen) atoms. The summed E-state index contributed by atoms with van der Waals surface area (Å²) in [7, 11) is 0. The van der Waals surface area contributed by atoms with Crippen LogP contribution in [0.15, 0.2) is 12.1 Å². The van der Waals surface area contributed by atoms with Crippen LogP contribution in [0.2, 0.25) is 0 Å². The molecule has 0 radical (unpaired) electrons. The third-order valence-electron chi connectivity index (χ3n) is 5.36. The number of ether oxygens (including phenoxy) is 1. The molecule has 1 atom stereocenters. The molecule has 0 aromatic carbocycles. The first kappa shape index (κ1) is 22.0. The highest BCUT2D eigenvalue weighted by molar-refractivity contribution is 7.19. The van der Waals surface area contributed by atoms with Crippen LogP contribution in [-0.2, 0) is 16.1 Å². The molecule has 1 N–H and O–H groups in total. The number of morpholine rings is 1. The summed E-state index contributed by atoms with van der Waals surface area (Å²) in [6.07, 6.45) is -3.56. The van der Waals surface area contributed by atoms with Gasteiger partial charge in [0, 0.05) is 24.4 Å². The molecule has 3 heterocycles. The van der Waals surface area contributed by atoms with Crippen molar-refractivity contribution in [3.63, 3.8) is 0 Å². The lowest BCUT2D eigenvalue weighted by Crippen LogP contribution is -2.49. The molecule has 1 amide bonds. The van der Waals surface area contributed by atoms with E-state index in [1.807, 2.05) is 26.0 Å². The van der Waals surface area contributed by atoms with Crippen LogP contribution < -0.4 is 10.2 Å². The molecule has 4 rings (SSSR count). The lowest BCUT2D eigenvalue weighted by Gasteiger charge is -2.33. The molecule has 168 valence electrons. The molecule has 0 bridgehead atoms.